The maximum Gasteiger partial charge on any atom is 0.275 e. The predicted octanol–water partition coefficient (Wildman–Crippen LogP) is 2.60. The molecule has 2 aromatic rings. The third kappa shape index (κ3) is 4.02. The Labute approximate surface area is 137 Å². The van der Waals surface area contributed by atoms with E-state index in [1.54, 1.807) is 0 Å². The number of aromatic nitrogens is 2. The first kappa shape index (κ1) is 16.3. The predicted molar refractivity (Wildman–Crippen MR) is 83.8 cm³/mol. The Kier molecular flexibility index (Phi) is 4.95. The van der Waals surface area contributed by atoms with Crippen LogP contribution in [-0.2, 0) is 4.74 Å². The second-order valence-corrected chi connectivity index (χ2v) is 5.39. The maximum atomic E-state index is 13.1. The molecule has 1 unspecified atom stereocenters. The van der Waals surface area contributed by atoms with Crippen LogP contribution >= 0.6 is 0 Å². The van der Waals surface area contributed by atoms with E-state index in [1.165, 1.54) is 18.5 Å². The van der Waals surface area contributed by atoms with Crippen LogP contribution in [0.4, 0.5) is 20.3 Å². The number of rotatable bonds is 5. The SMILES string of the molecule is O=C(Nc1ccc(F)c(F)c1)c1cnc(NCC2CCCO2)cn1. The number of hydrogen-bond acceptors (Lipinski definition) is 5. The molecule has 1 fully saturated rings. The van der Waals surface area contributed by atoms with Gasteiger partial charge >= 0.3 is 0 Å². The summed E-state index contributed by atoms with van der Waals surface area (Å²) in [6, 6.07) is 3.11. The first-order valence-electron chi connectivity index (χ1n) is 7.56. The van der Waals surface area contributed by atoms with Gasteiger partial charge in [0.1, 0.15) is 11.5 Å². The van der Waals surface area contributed by atoms with Crippen molar-refractivity contribution in [3.63, 3.8) is 0 Å². The van der Waals surface area contributed by atoms with Gasteiger partial charge in [-0.2, -0.15) is 0 Å². The number of benzene rings is 1. The highest BCUT2D eigenvalue weighted by Crippen LogP contribution is 2.15. The summed E-state index contributed by atoms with van der Waals surface area (Å²) in [6.45, 7) is 1.41. The summed E-state index contributed by atoms with van der Waals surface area (Å²) in [7, 11) is 0. The maximum absolute atomic E-state index is 13.1. The summed E-state index contributed by atoms with van der Waals surface area (Å²) in [5.41, 5.74) is 0.212. The van der Waals surface area contributed by atoms with Crippen LogP contribution in [0.25, 0.3) is 0 Å². The van der Waals surface area contributed by atoms with Crippen LogP contribution in [0.15, 0.2) is 30.6 Å². The molecule has 0 bridgehead atoms. The summed E-state index contributed by atoms with van der Waals surface area (Å²) in [5, 5.41) is 5.53. The number of amides is 1. The van der Waals surface area contributed by atoms with Crippen LogP contribution in [0.2, 0.25) is 0 Å². The number of nitrogens with one attached hydrogen (secondary N) is 2. The Bertz CT molecular complexity index is 719. The van der Waals surface area contributed by atoms with Gasteiger partial charge in [0, 0.05) is 24.9 Å². The normalized spacial score (nSPS) is 16.8. The Hall–Kier alpha value is -2.61. The van der Waals surface area contributed by atoms with Gasteiger partial charge in [0.15, 0.2) is 11.6 Å². The molecule has 1 amide bonds. The lowest BCUT2D eigenvalue weighted by Gasteiger charge is -2.11. The van der Waals surface area contributed by atoms with Crippen LogP contribution in [0.5, 0.6) is 0 Å². The Morgan fingerprint density at radius 1 is 1.25 bits per heavy atom. The van der Waals surface area contributed by atoms with Crippen LogP contribution in [-0.4, -0.2) is 35.1 Å². The molecule has 1 aromatic carbocycles. The molecule has 1 aliphatic heterocycles. The van der Waals surface area contributed by atoms with Crippen LogP contribution < -0.4 is 10.6 Å². The van der Waals surface area contributed by atoms with Gasteiger partial charge in [-0.05, 0) is 25.0 Å². The van der Waals surface area contributed by atoms with Crippen molar-refractivity contribution in [3.05, 3.63) is 47.9 Å². The molecule has 2 heterocycles. The van der Waals surface area contributed by atoms with Crippen molar-refractivity contribution < 1.29 is 18.3 Å². The molecule has 1 aromatic heterocycles. The molecule has 8 heteroatoms. The van der Waals surface area contributed by atoms with E-state index in [-0.39, 0.29) is 17.5 Å². The minimum atomic E-state index is -1.03. The number of carbonyl (C=O) groups excluding carboxylic acids is 1. The van der Waals surface area contributed by atoms with Crippen LogP contribution in [0.3, 0.4) is 0 Å². The number of anilines is 2. The molecule has 24 heavy (non-hydrogen) atoms. The van der Waals surface area contributed by atoms with Gasteiger partial charge in [0.05, 0.1) is 18.5 Å². The van der Waals surface area contributed by atoms with Crippen LogP contribution in [0.1, 0.15) is 23.3 Å². The first-order chi connectivity index (χ1) is 11.6. The third-order valence-electron chi connectivity index (χ3n) is 3.60. The minimum absolute atomic E-state index is 0.0717. The zero-order valence-electron chi connectivity index (χ0n) is 12.8. The number of ether oxygens (including phenoxy) is 1. The number of halogens is 2. The highest BCUT2D eigenvalue weighted by atomic mass is 19.2. The smallest absolute Gasteiger partial charge is 0.275 e. The highest BCUT2D eigenvalue weighted by molar-refractivity contribution is 6.02. The summed E-state index contributed by atoms with van der Waals surface area (Å²) >= 11 is 0. The van der Waals surface area contributed by atoms with E-state index in [4.69, 9.17) is 4.74 Å². The van der Waals surface area contributed by atoms with Crippen molar-refractivity contribution in [2.45, 2.75) is 18.9 Å². The number of hydrogen-bond donors (Lipinski definition) is 2. The van der Waals surface area contributed by atoms with Gasteiger partial charge in [-0.15, -0.1) is 0 Å². The van der Waals surface area contributed by atoms with E-state index in [9.17, 15) is 13.6 Å². The fourth-order valence-corrected chi connectivity index (χ4v) is 2.33. The largest absolute Gasteiger partial charge is 0.376 e. The fourth-order valence-electron chi connectivity index (χ4n) is 2.33. The van der Waals surface area contributed by atoms with Gasteiger partial charge in [-0.1, -0.05) is 0 Å². The van der Waals surface area contributed by atoms with Gasteiger partial charge in [-0.3, -0.25) is 4.79 Å². The lowest BCUT2D eigenvalue weighted by Crippen LogP contribution is -2.19. The van der Waals surface area contributed by atoms with Crippen molar-refractivity contribution in [1.29, 1.82) is 0 Å². The topological polar surface area (TPSA) is 76.1 Å². The molecule has 0 aliphatic carbocycles. The zero-order valence-corrected chi connectivity index (χ0v) is 12.8. The van der Waals surface area contributed by atoms with Gasteiger partial charge in [-0.25, -0.2) is 18.7 Å². The minimum Gasteiger partial charge on any atom is -0.376 e. The summed E-state index contributed by atoms with van der Waals surface area (Å²) in [4.78, 5) is 20.1. The standard InChI is InChI=1S/C16H16F2N4O2/c17-12-4-3-10(6-13(12)18)22-16(23)14-8-21-15(9-19-14)20-7-11-2-1-5-24-11/h3-4,6,8-9,11H,1-2,5,7H2,(H,20,21)(H,22,23). The Balaban J connectivity index is 1.57. The third-order valence-corrected chi connectivity index (χ3v) is 3.60. The quantitative estimate of drug-likeness (QED) is 0.879. The van der Waals surface area contributed by atoms with E-state index in [1.807, 2.05) is 0 Å². The molecule has 3 rings (SSSR count). The zero-order chi connectivity index (χ0) is 16.9. The van der Waals surface area contributed by atoms with Crippen molar-refractivity contribution in [2.24, 2.45) is 0 Å². The van der Waals surface area contributed by atoms with Gasteiger partial charge < -0.3 is 15.4 Å². The second kappa shape index (κ2) is 7.31. The average molecular weight is 334 g/mol. The monoisotopic (exact) mass is 334 g/mol. The lowest BCUT2D eigenvalue weighted by atomic mass is 10.2. The van der Waals surface area contributed by atoms with Crippen LogP contribution in [0, 0.1) is 11.6 Å². The van der Waals surface area contributed by atoms with E-state index in [2.05, 4.69) is 20.6 Å². The average Bonchev–Trinajstić information content (AvgIpc) is 3.10. The molecule has 0 spiro atoms. The van der Waals surface area contributed by atoms with E-state index in [0.29, 0.717) is 12.4 Å². The summed E-state index contributed by atoms with van der Waals surface area (Å²) in [6.07, 6.45) is 4.99. The van der Waals surface area contributed by atoms with E-state index < -0.39 is 17.5 Å². The van der Waals surface area contributed by atoms with E-state index in [0.717, 1.165) is 31.6 Å². The summed E-state index contributed by atoms with van der Waals surface area (Å²) in [5.74, 6) is -2.03. The molecule has 126 valence electrons. The van der Waals surface area contributed by atoms with Gasteiger partial charge in [0.2, 0.25) is 0 Å². The molecule has 1 aliphatic rings. The molecule has 0 radical (unpaired) electrons. The molecule has 6 nitrogen and oxygen atoms in total. The first-order valence-corrected chi connectivity index (χ1v) is 7.56. The molecular formula is C16H16F2N4O2. The summed E-state index contributed by atoms with van der Waals surface area (Å²) < 4.78 is 31.5. The van der Waals surface area contributed by atoms with Gasteiger partial charge in [0.25, 0.3) is 5.91 Å². The molecular weight excluding hydrogens is 318 g/mol. The van der Waals surface area contributed by atoms with Crippen molar-refractivity contribution in [1.82, 2.24) is 9.97 Å². The van der Waals surface area contributed by atoms with Crippen molar-refractivity contribution in [3.8, 4) is 0 Å². The Morgan fingerprint density at radius 3 is 2.79 bits per heavy atom. The lowest BCUT2D eigenvalue weighted by molar-refractivity contribution is 0.102. The molecule has 2 N–H and O–H groups in total. The molecule has 1 saturated heterocycles. The fraction of sp³-hybridized carbons (Fsp3) is 0.312. The highest BCUT2D eigenvalue weighted by Gasteiger charge is 2.15. The Morgan fingerprint density at radius 2 is 2.12 bits per heavy atom. The van der Waals surface area contributed by atoms with E-state index >= 15 is 0 Å². The second-order valence-electron chi connectivity index (χ2n) is 5.39. The molecule has 1 atom stereocenters. The van der Waals surface area contributed by atoms with Crippen molar-refractivity contribution >= 4 is 17.4 Å². The number of carbonyl (C=O) groups is 1. The van der Waals surface area contributed by atoms with Crippen molar-refractivity contribution in [2.75, 3.05) is 23.8 Å². The molecule has 0 saturated carbocycles. The number of nitrogens with zero attached hydrogens (tertiary/aromatic N) is 2.